The zero-order chi connectivity index (χ0) is 7.65. The molecule has 0 fully saturated rings. The van der Waals surface area contributed by atoms with Gasteiger partial charge in [0.1, 0.15) is 27.3 Å². The van der Waals surface area contributed by atoms with Gasteiger partial charge in [-0.2, -0.15) is 0 Å². The van der Waals surface area contributed by atoms with Gasteiger partial charge in [0.2, 0.25) is 0 Å². The number of rotatable bonds is 2. The fourth-order valence-corrected chi connectivity index (χ4v) is 0.248. The van der Waals surface area contributed by atoms with E-state index in [9.17, 15) is 9.59 Å². The molecule has 0 spiro atoms. The molecule has 0 rings (SSSR count). The van der Waals surface area contributed by atoms with Crippen molar-refractivity contribution < 1.29 is 9.59 Å². The van der Waals surface area contributed by atoms with E-state index in [1.807, 2.05) is 0 Å². The minimum Gasteiger partial charge on any atom is -0.301 e. The predicted octanol–water partition coefficient (Wildman–Crippen LogP) is -1.45. The lowest BCUT2D eigenvalue weighted by atomic mass is 9.50. The van der Waals surface area contributed by atoms with Crippen LogP contribution in [0.1, 0.15) is 13.8 Å². The van der Waals surface area contributed by atoms with Crippen LogP contribution in [0.4, 0.5) is 0 Å². The quantitative estimate of drug-likeness (QED) is 0.333. The molecule has 0 aromatic rings. The van der Waals surface area contributed by atoms with Crippen LogP contribution in [0.15, 0.2) is 0 Å². The van der Waals surface area contributed by atoms with Crippen molar-refractivity contribution in [1.82, 2.24) is 0 Å². The number of ketones is 2. The Balaban J connectivity index is 4.38. The SMILES string of the molecule is BC(B)(C(C)=O)C(C)=O. The molecule has 9 heavy (non-hydrogen) atoms. The fourth-order valence-electron chi connectivity index (χ4n) is 0.248. The maximum absolute atomic E-state index is 10.7. The normalized spacial score (nSPS) is 10.9. The summed E-state index contributed by atoms with van der Waals surface area (Å²) in [6.07, 6.45) is 0. The van der Waals surface area contributed by atoms with Crippen molar-refractivity contribution in [1.29, 1.82) is 0 Å². The van der Waals surface area contributed by atoms with Crippen LogP contribution in [0.5, 0.6) is 0 Å². The Morgan fingerprint density at radius 2 is 1.33 bits per heavy atom. The van der Waals surface area contributed by atoms with Crippen LogP contribution in [-0.2, 0) is 9.59 Å². The maximum atomic E-state index is 10.7. The molecule has 0 amide bonds. The zero-order valence-electron chi connectivity index (χ0n) is 6.32. The summed E-state index contributed by atoms with van der Waals surface area (Å²) < 4.78 is 0. The van der Waals surface area contributed by atoms with Gasteiger partial charge in [0.25, 0.3) is 0 Å². The van der Waals surface area contributed by atoms with Crippen LogP contribution in [0.3, 0.4) is 0 Å². The Hall–Kier alpha value is -0.530. The molecule has 0 atom stereocenters. The van der Waals surface area contributed by atoms with Crippen LogP contribution in [0.25, 0.3) is 0 Å². The Labute approximate surface area is 56.8 Å². The van der Waals surface area contributed by atoms with Gasteiger partial charge >= 0.3 is 0 Å². The van der Waals surface area contributed by atoms with Gasteiger partial charge in [0.05, 0.1) is 0 Å². The molecule has 0 unspecified atom stereocenters. The lowest BCUT2D eigenvalue weighted by Gasteiger charge is -2.15. The average molecular weight is 124 g/mol. The molecule has 0 radical (unpaired) electrons. The van der Waals surface area contributed by atoms with Crippen molar-refractivity contribution in [2.45, 2.75) is 19.1 Å². The summed E-state index contributed by atoms with van der Waals surface area (Å²) in [5.74, 6) is -0.148. The second-order valence-electron chi connectivity index (χ2n) is 2.74. The topological polar surface area (TPSA) is 34.1 Å². The highest BCUT2D eigenvalue weighted by atomic mass is 16.1. The molecule has 48 valence electrons. The van der Waals surface area contributed by atoms with Gasteiger partial charge in [-0.05, 0) is 13.8 Å². The van der Waals surface area contributed by atoms with Gasteiger partial charge in [0.15, 0.2) is 0 Å². The third kappa shape index (κ3) is 1.70. The summed E-state index contributed by atoms with van der Waals surface area (Å²) in [5, 5.41) is -0.778. The number of carbonyl (C=O) groups excluding carboxylic acids is 2. The summed E-state index contributed by atoms with van der Waals surface area (Å²) in [6.45, 7) is 2.86. The number of Topliss-reactive ketones (excluding diaryl/α,β-unsaturated/α-hetero) is 2. The summed E-state index contributed by atoms with van der Waals surface area (Å²) >= 11 is 0. The average Bonchev–Trinajstić information content (AvgIpc) is 1.65. The van der Waals surface area contributed by atoms with Gasteiger partial charge in [0, 0.05) is 5.21 Å². The Kier molecular flexibility index (Phi) is 2.24. The van der Waals surface area contributed by atoms with Gasteiger partial charge in [-0.15, -0.1) is 0 Å². The third-order valence-electron chi connectivity index (χ3n) is 1.76. The van der Waals surface area contributed by atoms with Crippen molar-refractivity contribution in [2.75, 3.05) is 0 Å². The van der Waals surface area contributed by atoms with Crippen molar-refractivity contribution >= 4 is 27.3 Å². The molecular weight excluding hydrogens is 114 g/mol. The third-order valence-corrected chi connectivity index (χ3v) is 1.76. The van der Waals surface area contributed by atoms with Gasteiger partial charge in [-0.25, -0.2) is 0 Å². The van der Waals surface area contributed by atoms with Crippen molar-refractivity contribution in [3.8, 4) is 0 Å². The molecule has 0 bridgehead atoms. The molecule has 0 saturated carbocycles. The maximum Gasteiger partial charge on any atom is 0.127 e. The second-order valence-corrected chi connectivity index (χ2v) is 2.74. The van der Waals surface area contributed by atoms with Gasteiger partial charge < -0.3 is 9.59 Å². The summed E-state index contributed by atoms with van der Waals surface area (Å²) in [6, 6.07) is 0. The van der Waals surface area contributed by atoms with Crippen LogP contribution >= 0.6 is 0 Å². The Morgan fingerprint density at radius 3 is 1.33 bits per heavy atom. The lowest BCUT2D eigenvalue weighted by Crippen LogP contribution is -2.29. The number of hydrogen-bond donors (Lipinski definition) is 0. The minimum atomic E-state index is -0.778. The molecule has 0 saturated heterocycles. The van der Waals surface area contributed by atoms with Crippen LogP contribution in [-0.4, -0.2) is 27.3 Å². The van der Waals surface area contributed by atoms with E-state index in [0.717, 1.165) is 0 Å². The predicted molar refractivity (Wildman–Crippen MR) is 41.1 cm³/mol. The molecule has 0 aromatic carbocycles. The second kappa shape index (κ2) is 2.38. The summed E-state index contributed by atoms with van der Waals surface area (Å²) in [5.41, 5.74) is 0. The molecule has 0 aliphatic carbocycles. The van der Waals surface area contributed by atoms with Crippen molar-refractivity contribution in [3.63, 3.8) is 0 Å². The van der Waals surface area contributed by atoms with Gasteiger partial charge in [-0.3, -0.25) is 0 Å². The van der Waals surface area contributed by atoms with Crippen molar-refractivity contribution in [2.24, 2.45) is 0 Å². The summed E-state index contributed by atoms with van der Waals surface area (Å²) in [7, 11) is 3.27. The van der Waals surface area contributed by atoms with E-state index in [1.165, 1.54) is 13.8 Å². The molecule has 0 N–H and O–H groups in total. The van der Waals surface area contributed by atoms with E-state index >= 15 is 0 Å². The number of hydrogen-bond acceptors (Lipinski definition) is 2. The fraction of sp³-hybridized carbons (Fsp3) is 0.600. The first-order valence-corrected chi connectivity index (χ1v) is 2.91. The molecular formula is C5H10B2O2. The molecule has 0 aromatic heterocycles. The van der Waals surface area contributed by atoms with Crippen molar-refractivity contribution in [3.05, 3.63) is 0 Å². The lowest BCUT2D eigenvalue weighted by molar-refractivity contribution is -0.126. The molecule has 0 aliphatic heterocycles. The highest BCUT2D eigenvalue weighted by Gasteiger charge is 2.28. The van der Waals surface area contributed by atoms with Crippen LogP contribution in [0.2, 0.25) is 5.21 Å². The molecule has 0 heterocycles. The minimum absolute atomic E-state index is 0.0741. The first kappa shape index (κ1) is 8.47. The van der Waals surface area contributed by atoms with Gasteiger partial charge in [-0.1, -0.05) is 0 Å². The van der Waals surface area contributed by atoms with Crippen LogP contribution < -0.4 is 0 Å². The largest absolute Gasteiger partial charge is 0.301 e. The molecule has 2 nitrogen and oxygen atoms in total. The first-order chi connectivity index (χ1) is 3.89. The van der Waals surface area contributed by atoms with E-state index in [1.54, 1.807) is 15.7 Å². The monoisotopic (exact) mass is 124 g/mol. The Morgan fingerprint density at radius 1 is 1.11 bits per heavy atom. The molecule has 0 aliphatic rings. The molecule has 4 heteroatoms. The van der Waals surface area contributed by atoms with E-state index in [4.69, 9.17) is 0 Å². The summed E-state index contributed by atoms with van der Waals surface area (Å²) in [4.78, 5) is 21.4. The Bertz CT molecular complexity index is 135. The van der Waals surface area contributed by atoms with E-state index in [2.05, 4.69) is 0 Å². The first-order valence-electron chi connectivity index (χ1n) is 2.91. The van der Waals surface area contributed by atoms with Crippen LogP contribution in [0, 0.1) is 0 Å². The van der Waals surface area contributed by atoms with E-state index in [0.29, 0.717) is 0 Å². The highest BCUT2D eigenvalue weighted by Crippen LogP contribution is 2.16. The standard InChI is InChI=1S/C5H10B2O2/c1-3(8)5(6,7)4(2)9/h6-7H2,1-2H3. The highest BCUT2D eigenvalue weighted by molar-refractivity contribution is 6.61. The van der Waals surface area contributed by atoms with E-state index < -0.39 is 5.21 Å². The number of carbonyl (C=O) groups is 2. The van der Waals surface area contributed by atoms with E-state index in [-0.39, 0.29) is 11.6 Å². The smallest absolute Gasteiger partial charge is 0.127 e. The zero-order valence-corrected chi connectivity index (χ0v) is 6.32.